The van der Waals surface area contributed by atoms with Crippen LogP contribution in [0, 0.1) is 0 Å². The molecular formula is C30H31ClN4O4. The van der Waals surface area contributed by atoms with Gasteiger partial charge in [0.15, 0.2) is 0 Å². The Labute approximate surface area is 232 Å². The summed E-state index contributed by atoms with van der Waals surface area (Å²) >= 11 is 6.15. The molecule has 0 bridgehead atoms. The van der Waals surface area contributed by atoms with E-state index >= 15 is 0 Å². The molecule has 8 nitrogen and oxygen atoms in total. The van der Waals surface area contributed by atoms with E-state index in [1.54, 1.807) is 48.3 Å². The zero-order chi connectivity index (χ0) is 28.1. The van der Waals surface area contributed by atoms with Crippen molar-refractivity contribution in [2.75, 3.05) is 43.2 Å². The summed E-state index contributed by atoms with van der Waals surface area (Å²) in [5.41, 5.74) is 4.98. The molecule has 39 heavy (non-hydrogen) atoms. The average molecular weight is 547 g/mol. The summed E-state index contributed by atoms with van der Waals surface area (Å²) < 4.78 is 0. The monoisotopic (exact) mass is 546 g/mol. The number of rotatable bonds is 10. The predicted octanol–water partition coefficient (Wildman–Crippen LogP) is 5.20. The predicted molar refractivity (Wildman–Crippen MR) is 156 cm³/mol. The van der Waals surface area contributed by atoms with Crippen molar-refractivity contribution in [3.63, 3.8) is 0 Å². The number of carboxylic acids is 1. The second-order valence-corrected chi connectivity index (χ2v) is 10.1. The van der Waals surface area contributed by atoms with Gasteiger partial charge in [0.25, 0.3) is 5.91 Å². The summed E-state index contributed by atoms with van der Waals surface area (Å²) in [6.07, 6.45) is 1.09. The number of nitrogens with zero attached hydrogens (tertiary/aromatic N) is 2. The lowest BCUT2D eigenvalue weighted by molar-refractivity contribution is -0.136. The van der Waals surface area contributed by atoms with Gasteiger partial charge in [-0.15, -0.1) is 0 Å². The Morgan fingerprint density at radius 1 is 1.00 bits per heavy atom. The van der Waals surface area contributed by atoms with Gasteiger partial charge in [0.2, 0.25) is 5.91 Å². The van der Waals surface area contributed by atoms with Gasteiger partial charge in [-0.1, -0.05) is 35.9 Å². The van der Waals surface area contributed by atoms with Crippen LogP contribution in [-0.2, 0) is 20.8 Å². The summed E-state index contributed by atoms with van der Waals surface area (Å²) in [6, 6.07) is 19.7. The molecule has 0 radical (unpaired) electrons. The highest BCUT2D eigenvalue weighted by molar-refractivity contribution is 6.38. The highest BCUT2D eigenvalue weighted by Crippen LogP contribution is 2.39. The molecule has 1 aliphatic heterocycles. The number of benzene rings is 3. The standard InChI is InChI=1S/C30H31ClN4O4/c1-34(2)15-5-8-26(36)35(3)23-12-10-22(11-13-23)32-29(20-7-4-6-19(16-20)17-27(37)38)28-24-14-9-21(31)18-25(24)33-30(28)39/h4,6-7,9-14,16,18,32H,5,8,15,17H2,1-3H3,(H,33,39)(H,37,38)/b29-28-. The Morgan fingerprint density at radius 2 is 1.74 bits per heavy atom. The van der Waals surface area contributed by atoms with Crippen molar-refractivity contribution >= 4 is 57.7 Å². The lowest BCUT2D eigenvalue weighted by Gasteiger charge is -2.19. The molecule has 4 rings (SSSR count). The number of amides is 2. The number of aliphatic carboxylic acids is 1. The van der Waals surface area contributed by atoms with Crippen LogP contribution >= 0.6 is 11.6 Å². The molecule has 1 heterocycles. The van der Waals surface area contributed by atoms with E-state index in [0.717, 1.165) is 18.7 Å². The van der Waals surface area contributed by atoms with Crippen LogP contribution in [-0.4, -0.2) is 55.5 Å². The molecule has 0 atom stereocenters. The van der Waals surface area contributed by atoms with Crippen molar-refractivity contribution in [2.24, 2.45) is 0 Å². The van der Waals surface area contributed by atoms with Crippen LogP contribution in [0.3, 0.4) is 0 Å². The minimum absolute atomic E-state index is 0.0357. The van der Waals surface area contributed by atoms with Crippen molar-refractivity contribution < 1.29 is 19.5 Å². The van der Waals surface area contributed by atoms with Gasteiger partial charge in [-0.2, -0.15) is 0 Å². The normalized spacial score (nSPS) is 13.6. The first-order chi connectivity index (χ1) is 18.6. The second-order valence-electron chi connectivity index (χ2n) is 9.70. The van der Waals surface area contributed by atoms with Crippen molar-refractivity contribution in [2.45, 2.75) is 19.3 Å². The largest absolute Gasteiger partial charge is 0.481 e. The van der Waals surface area contributed by atoms with Crippen LogP contribution in [0.25, 0.3) is 11.3 Å². The summed E-state index contributed by atoms with van der Waals surface area (Å²) in [4.78, 5) is 40.8. The maximum atomic E-state index is 13.2. The van der Waals surface area contributed by atoms with Crippen LogP contribution in [0.15, 0.2) is 66.7 Å². The number of halogens is 1. The van der Waals surface area contributed by atoms with E-state index in [0.29, 0.717) is 50.8 Å². The van der Waals surface area contributed by atoms with Gasteiger partial charge in [0.1, 0.15) is 0 Å². The summed E-state index contributed by atoms with van der Waals surface area (Å²) in [6.45, 7) is 0.844. The van der Waals surface area contributed by atoms with Gasteiger partial charge in [-0.3, -0.25) is 14.4 Å². The Morgan fingerprint density at radius 3 is 2.44 bits per heavy atom. The molecule has 0 aromatic heterocycles. The number of hydrogen-bond donors (Lipinski definition) is 3. The van der Waals surface area contributed by atoms with Gasteiger partial charge >= 0.3 is 5.97 Å². The summed E-state index contributed by atoms with van der Waals surface area (Å²) in [5.74, 6) is -1.20. The Bertz CT molecular complexity index is 1430. The Hall–Kier alpha value is -4.14. The molecule has 0 unspecified atom stereocenters. The van der Waals surface area contributed by atoms with Crippen LogP contribution < -0.4 is 15.5 Å². The molecule has 0 saturated heterocycles. The molecule has 0 saturated carbocycles. The molecule has 3 N–H and O–H groups in total. The van der Waals surface area contributed by atoms with Gasteiger partial charge in [-0.25, -0.2) is 0 Å². The smallest absolute Gasteiger partial charge is 0.307 e. The molecular weight excluding hydrogens is 516 g/mol. The number of carboxylic acid groups (broad SMARTS) is 1. The van der Waals surface area contributed by atoms with E-state index in [9.17, 15) is 19.5 Å². The number of carbonyl (C=O) groups is 3. The average Bonchev–Trinajstić information content (AvgIpc) is 3.21. The lowest BCUT2D eigenvalue weighted by Crippen LogP contribution is -2.27. The molecule has 2 amide bonds. The van der Waals surface area contributed by atoms with Crippen LogP contribution in [0.4, 0.5) is 17.1 Å². The fourth-order valence-electron chi connectivity index (χ4n) is 4.45. The highest BCUT2D eigenvalue weighted by Gasteiger charge is 2.29. The van der Waals surface area contributed by atoms with Crippen molar-refractivity contribution in [1.29, 1.82) is 0 Å². The van der Waals surface area contributed by atoms with Crippen molar-refractivity contribution in [1.82, 2.24) is 4.90 Å². The van der Waals surface area contributed by atoms with Crippen molar-refractivity contribution in [3.8, 4) is 0 Å². The van der Waals surface area contributed by atoms with E-state index in [4.69, 9.17) is 11.6 Å². The molecule has 0 fully saturated rings. The van der Waals surface area contributed by atoms with Crippen LogP contribution in [0.1, 0.15) is 29.5 Å². The third kappa shape index (κ3) is 6.85. The quantitative estimate of drug-likeness (QED) is 0.302. The maximum absolute atomic E-state index is 13.2. The minimum Gasteiger partial charge on any atom is -0.481 e. The second kappa shape index (κ2) is 12.1. The van der Waals surface area contributed by atoms with Crippen LogP contribution in [0.2, 0.25) is 5.02 Å². The number of carbonyl (C=O) groups excluding carboxylic acids is 2. The molecule has 0 aliphatic carbocycles. The fraction of sp³-hybridized carbons (Fsp3) is 0.233. The molecule has 0 spiro atoms. The first-order valence-electron chi connectivity index (χ1n) is 12.6. The van der Waals surface area contributed by atoms with E-state index in [2.05, 4.69) is 15.5 Å². The third-order valence-electron chi connectivity index (χ3n) is 6.44. The fourth-order valence-corrected chi connectivity index (χ4v) is 4.63. The lowest BCUT2D eigenvalue weighted by atomic mass is 9.98. The van der Waals surface area contributed by atoms with E-state index in [-0.39, 0.29) is 18.2 Å². The molecule has 202 valence electrons. The Balaban J connectivity index is 1.67. The van der Waals surface area contributed by atoms with E-state index in [1.807, 2.05) is 44.4 Å². The topological polar surface area (TPSA) is 102 Å². The highest BCUT2D eigenvalue weighted by atomic mass is 35.5. The minimum atomic E-state index is -0.941. The summed E-state index contributed by atoms with van der Waals surface area (Å²) in [7, 11) is 5.72. The van der Waals surface area contributed by atoms with Gasteiger partial charge in [-0.05, 0) is 80.7 Å². The number of anilines is 3. The van der Waals surface area contributed by atoms with Gasteiger partial charge in [0, 0.05) is 35.4 Å². The molecule has 3 aromatic carbocycles. The molecule has 3 aromatic rings. The number of fused-ring (bicyclic) bond motifs is 1. The summed E-state index contributed by atoms with van der Waals surface area (Å²) in [5, 5.41) is 16.0. The van der Waals surface area contributed by atoms with E-state index < -0.39 is 5.97 Å². The molecule has 1 aliphatic rings. The molecule has 9 heteroatoms. The number of nitrogens with one attached hydrogen (secondary N) is 2. The SMILES string of the molecule is CN(C)CCCC(=O)N(C)c1ccc(N/C(=C2\C(=O)Nc3cc(Cl)ccc32)c2cccc(CC(=O)O)c2)cc1. The third-order valence-corrected chi connectivity index (χ3v) is 6.68. The Kier molecular flexibility index (Phi) is 8.69. The maximum Gasteiger partial charge on any atom is 0.307 e. The number of hydrogen-bond acceptors (Lipinski definition) is 5. The van der Waals surface area contributed by atoms with Gasteiger partial charge < -0.3 is 25.5 Å². The van der Waals surface area contributed by atoms with Crippen molar-refractivity contribution in [3.05, 3.63) is 88.4 Å². The zero-order valence-corrected chi connectivity index (χ0v) is 22.9. The van der Waals surface area contributed by atoms with Crippen LogP contribution in [0.5, 0.6) is 0 Å². The van der Waals surface area contributed by atoms with E-state index in [1.165, 1.54) is 0 Å². The first kappa shape index (κ1) is 27.9. The van der Waals surface area contributed by atoms with Gasteiger partial charge in [0.05, 0.1) is 23.4 Å². The zero-order valence-electron chi connectivity index (χ0n) is 22.1. The first-order valence-corrected chi connectivity index (χ1v) is 12.9.